The SMILES string of the molecule is CNCC1CCN(C(C)C)C1c1ccc(OC)c(Br)c1. The number of ether oxygens (including phenoxy) is 1. The lowest BCUT2D eigenvalue weighted by molar-refractivity contribution is 0.182. The molecule has 0 aromatic heterocycles. The highest BCUT2D eigenvalue weighted by molar-refractivity contribution is 9.10. The molecular formula is C16H25BrN2O. The van der Waals surface area contributed by atoms with Gasteiger partial charge in [-0.05, 0) is 79.9 Å². The van der Waals surface area contributed by atoms with Gasteiger partial charge < -0.3 is 10.1 Å². The summed E-state index contributed by atoms with van der Waals surface area (Å²) in [5.74, 6) is 1.57. The molecule has 0 spiro atoms. The first-order valence-electron chi connectivity index (χ1n) is 7.32. The number of nitrogens with zero attached hydrogens (tertiary/aromatic N) is 1. The van der Waals surface area contributed by atoms with Crippen LogP contribution in [0.2, 0.25) is 0 Å². The van der Waals surface area contributed by atoms with E-state index in [9.17, 15) is 0 Å². The Morgan fingerprint density at radius 1 is 1.45 bits per heavy atom. The summed E-state index contributed by atoms with van der Waals surface area (Å²) >= 11 is 3.61. The van der Waals surface area contributed by atoms with Crippen molar-refractivity contribution < 1.29 is 4.74 Å². The van der Waals surface area contributed by atoms with Crippen LogP contribution < -0.4 is 10.1 Å². The Labute approximate surface area is 130 Å². The summed E-state index contributed by atoms with van der Waals surface area (Å²) < 4.78 is 6.38. The molecule has 0 saturated carbocycles. The van der Waals surface area contributed by atoms with Gasteiger partial charge in [0.25, 0.3) is 0 Å². The Balaban J connectivity index is 2.31. The third-order valence-corrected chi connectivity index (χ3v) is 4.83. The maximum absolute atomic E-state index is 5.34. The fraction of sp³-hybridized carbons (Fsp3) is 0.625. The molecule has 0 bridgehead atoms. The van der Waals surface area contributed by atoms with Gasteiger partial charge in [0.05, 0.1) is 11.6 Å². The number of benzene rings is 1. The highest BCUT2D eigenvalue weighted by Gasteiger charge is 2.36. The van der Waals surface area contributed by atoms with E-state index in [-0.39, 0.29) is 0 Å². The van der Waals surface area contributed by atoms with Gasteiger partial charge in [-0.15, -0.1) is 0 Å². The molecule has 1 aliphatic heterocycles. The van der Waals surface area contributed by atoms with Crippen LogP contribution in [0, 0.1) is 5.92 Å². The Morgan fingerprint density at radius 2 is 2.20 bits per heavy atom. The molecule has 0 aliphatic carbocycles. The van der Waals surface area contributed by atoms with Crippen molar-refractivity contribution in [3.8, 4) is 5.75 Å². The van der Waals surface area contributed by atoms with E-state index in [1.54, 1.807) is 7.11 Å². The number of nitrogens with one attached hydrogen (secondary N) is 1. The summed E-state index contributed by atoms with van der Waals surface area (Å²) in [6.07, 6.45) is 1.26. The monoisotopic (exact) mass is 340 g/mol. The van der Waals surface area contributed by atoms with Crippen molar-refractivity contribution in [3.05, 3.63) is 28.2 Å². The lowest BCUT2D eigenvalue weighted by Crippen LogP contribution is -2.33. The molecule has 1 saturated heterocycles. The average molecular weight is 341 g/mol. The molecule has 20 heavy (non-hydrogen) atoms. The van der Waals surface area contributed by atoms with E-state index < -0.39 is 0 Å². The Bertz CT molecular complexity index is 450. The van der Waals surface area contributed by atoms with Gasteiger partial charge in [-0.3, -0.25) is 4.90 Å². The highest BCUT2D eigenvalue weighted by atomic mass is 79.9. The fourth-order valence-corrected chi connectivity index (χ4v) is 3.83. The van der Waals surface area contributed by atoms with Gasteiger partial charge in [0, 0.05) is 12.1 Å². The minimum atomic E-state index is 0.490. The zero-order valence-electron chi connectivity index (χ0n) is 12.8. The molecule has 2 atom stereocenters. The van der Waals surface area contributed by atoms with E-state index in [1.807, 2.05) is 7.05 Å². The minimum absolute atomic E-state index is 0.490. The second kappa shape index (κ2) is 6.92. The summed E-state index contributed by atoms with van der Waals surface area (Å²) in [7, 11) is 3.75. The quantitative estimate of drug-likeness (QED) is 0.888. The first kappa shape index (κ1) is 15.8. The van der Waals surface area contributed by atoms with E-state index in [2.05, 4.69) is 58.2 Å². The third kappa shape index (κ3) is 3.18. The lowest BCUT2D eigenvalue weighted by atomic mass is 9.93. The highest BCUT2D eigenvalue weighted by Crippen LogP contribution is 2.40. The predicted octanol–water partition coefficient (Wildman–Crippen LogP) is 3.45. The zero-order chi connectivity index (χ0) is 14.7. The lowest BCUT2D eigenvalue weighted by Gasteiger charge is -2.32. The first-order chi connectivity index (χ1) is 9.58. The Kier molecular flexibility index (Phi) is 5.47. The van der Waals surface area contributed by atoms with Crippen molar-refractivity contribution in [2.45, 2.75) is 32.4 Å². The van der Waals surface area contributed by atoms with Gasteiger partial charge in [0.2, 0.25) is 0 Å². The Hall–Kier alpha value is -0.580. The number of rotatable bonds is 5. The van der Waals surface area contributed by atoms with Crippen LogP contribution in [0.3, 0.4) is 0 Å². The van der Waals surface area contributed by atoms with Crippen LogP contribution in [0.1, 0.15) is 31.9 Å². The average Bonchev–Trinajstić information content (AvgIpc) is 2.83. The van der Waals surface area contributed by atoms with Crippen molar-refractivity contribution in [1.82, 2.24) is 10.2 Å². The van der Waals surface area contributed by atoms with Crippen LogP contribution in [0.15, 0.2) is 22.7 Å². The van der Waals surface area contributed by atoms with E-state index in [4.69, 9.17) is 4.74 Å². The van der Waals surface area contributed by atoms with Crippen LogP contribution >= 0.6 is 15.9 Å². The predicted molar refractivity (Wildman–Crippen MR) is 87.3 cm³/mol. The van der Waals surface area contributed by atoms with Crippen LogP contribution in [0.5, 0.6) is 5.75 Å². The third-order valence-electron chi connectivity index (χ3n) is 4.21. The molecule has 1 fully saturated rings. The van der Waals surface area contributed by atoms with Crippen molar-refractivity contribution in [1.29, 1.82) is 0 Å². The molecule has 3 nitrogen and oxygen atoms in total. The molecule has 0 radical (unpaired) electrons. The molecule has 1 heterocycles. The summed E-state index contributed by atoms with van der Waals surface area (Å²) in [6.45, 7) is 6.82. The van der Waals surface area contributed by atoms with Crippen molar-refractivity contribution in [2.75, 3.05) is 27.2 Å². The van der Waals surface area contributed by atoms with Gasteiger partial charge in [-0.2, -0.15) is 0 Å². The second-order valence-electron chi connectivity index (χ2n) is 5.78. The first-order valence-corrected chi connectivity index (χ1v) is 8.11. The molecule has 4 heteroatoms. The van der Waals surface area contributed by atoms with Crippen molar-refractivity contribution in [2.24, 2.45) is 5.92 Å². The molecule has 0 amide bonds. The fourth-order valence-electron chi connectivity index (χ4n) is 3.27. The van der Waals surface area contributed by atoms with Gasteiger partial charge >= 0.3 is 0 Å². The molecule has 1 aliphatic rings. The molecule has 1 N–H and O–H groups in total. The van der Waals surface area contributed by atoms with E-state index in [0.717, 1.165) is 16.8 Å². The molecule has 112 valence electrons. The van der Waals surface area contributed by atoms with E-state index >= 15 is 0 Å². The molecule has 1 aromatic rings. The van der Waals surface area contributed by atoms with Crippen molar-refractivity contribution >= 4 is 15.9 Å². The van der Waals surface area contributed by atoms with Gasteiger partial charge in [-0.25, -0.2) is 0 Å². The topological polar surface area (TPSA) is 24.5 Å². The van der Waals surface area contributed by atoms with Gasteiger partial charge in [0.15, 0.2) is 0 Å². The summed E-state index contributed by atoms with van der Waals surface area (Å²) in [5, 5.41) is 3.34. The number of likely N-dealkylation sites (tertiary alicyclic amines) is 1. The normalized spacial score (nSPS) is 23.5. The maximum Gasteiger partial charge on any atom is 0.133 e. The summed E-state index contributed by atoms with van der Waals surface area (Å²) in [6, 6.07) is 7.55. The molecule has 2 rings (SSSR count). The largest absolute Gasteiger partial charge is 0.496 e. The number of halogens is 1. The van der Waals surface area contributed by atoms with Gasteiger partial charge in [-0.1, -0.05) is 6.07 Å². The van der Waals surface area contributed by atoms with E-state index in [0.29, 0.717) is 18.0 Å². The smallest absolute Gasteiger partial charge is 0.133 e. The zero-order valence-corrected chi connectivity index (χ0v) is 14.4. The van der Waals surface area contributed by atoms with E-state index in [1.165, 1.54) is 18.5 Å². The number of methoxy groups -OCH3 is 1. The summed E-state index contributed by atoms with van der Waals surface area (Å²) in [5.41, 5.74) is 1.38. The summed E-state index contributed by atoms with van der Waals surface area (Å²) in [4.78, 5) is 2.61. The molecule has 1 aromatic carbocycles. The second-order valence-corrected chi connectivity index (χ2v) is 6.63. The minimum Gasteiger partial charge on any atom is -0.496 e. The van der Waals surface area contributed by atoms with Crippen LogP contribution in [-0.2, 0) is 0 Å². The number of hydrogen-bond acceptors (Lipinski definition) is 3. The number of hydrogen-bond donors (Lipinski definition) is 1. The van der Waals surface area contributed by atoms with Crippen molar-refractivity contribution in [3.63, 3.8) is 0 Å². The van der Waals surface area contributed by atoms with Crippen LogP contribution in [-0.4, -0.2) is 38.2 Å². The van der Waals surface area contributed by atoms with Crippen LogP contribution in [0.25, 0.3) is 0 Å². The van der Waals surface area contributed by atoms with Crippen LogP contribution in [0.4, 0.5) is 0 Å². The standard InChI is InChI=1S/C16H25BrN2O/c1-11(2)19-8-7-13(10-18-3)16(19)12-5-6-15(20-4)14(17)9-12/h5-6,9,11,13,16,18H,7-8,10H2,1-4H3. The molecule has 2 unspecified atom stereocenters. The van der Waals surface area contributed by atoms with Gasteiger partial charge in [0.1, 0.15) is 5.75 Å². The molecular weight excluding hydrogens is 316 g/mol. The Morgan fingerprint density at radius 3 is 2.75 bits per heavy atom. The maximum atomic E-state index is 5.34.